The lowest BCUT2D eigenvalue weighted by Gasteiger charge is -2.29. The largest absolute Gasteiger partial charge is 0.379 e. The fraction of sp³-hybridized carbons (Fsp3) is 0.560. The first-order chi connectivity index (χ1) is 16.0. The maximum atomic E-state index is 12.9. The van der Waals surface area contributed by atoms with E-state index in [-0.39, 0.29) is 18.2 Å². The van der Waals surface area contributed by atoms with Gasteiger partial charge in [-0.05, 0) is 49.8 Å². The summed E-state index contributed by atoms with van der Waals surface area (Å²) >= 11 is 0. The van der Waals surface area contributed by atoms with Crippen molar-refractivity contribution >= 4 is 17.7 Å². The molecule has 4 N–H and O–H groups in total. The molecule has 3 amide bonds. The molecule has 0 bridgehead atoms. The molecule has 3 aliphatic rings. The fourth-order valence-electron chi connectivity index (χ4n) is 4.74. The van der Waals surface area contributed by atoms with Gasteiger partial charge in [-0.2, -0.15) is 0 Å². The summed E-state index contributed by atoms with van der Waals surface area (Å²) in [7, 11) is 0. The van der Waals surface area contributed by atoms with Crippen molar-refractivity contribution in [2.75, 3.05) is 19.8 Å². The van der Waals surface area contributed by atoms with Crippen molar-refractivity contribution < 1.29 is 19.1 Å². The molecule has 2 heterocycles. The Labute approximate surface area is 194 Å². The molecular weight excluding hydrogens is 420 g/mol. The van der Waals surface area contributed by atoms with E-state index in [1.165, 1.54) is 0 Å². The van der Waals surface area contributed by atoms with E-state index in [4.69, 9.17) is 10.5 Å². The van der Waals surface area contributed by atoms with Gasteiger partial charge >= 0.3 is 0 Å². The molecule has 176 valence electrons. The summed E-state index contributed by atoms with van der Waals surface area (Å²) in [6, 6.07) is 5.78. The van der Waals surface area contributed by atoms with E-state index in [0.717, 1.165) is 43.4 Å². The minimum Gasteiger partial charge on any atom is -0.379 e. The Balaban J connectivity index is 1.23. The Morgan fingerprint density at radius 3 is 2.73 bits per heavy atom. The second kappa shape index (κ2) is 10.9. The van der Waals surface area contributed by atoms with Crippen molar-refractivity contribution in [1.82, 2.24) is 15.5 Å². The van der Waals surface area contributed by atoms with Crippen LogP contribution in [0, 0.1) is 11.8 Å². The van der Waals surface area contributed by atoms with Gasteiger partial charge in [0.1, 0.15) is 6.04 Å². The Kier molecular flexibility index (Phi) is 7.76. The molecule has 0 radical (unpaired) electrons. The molecule has 33 heavy (non-hydrogen) atoms. The Bertz CT molecular complexity index is 959. The summed E-state index contributed by atoms with van der Waals surface area (Å²) in [4.78, 5) is 38.1. The van der Waals surface area contributed by atoms with E-state index in [0.29, 0.717) is 50.2 Å². The van der Waals surface area contributed by atoms with Crippen molar-refractivity contribution in [3.8, 4) is 11.8 Å². The van der Waals surface area contributed by atoms with Crippen molar-refractivity contribution in [1.29, 1.82) is 0 Å². The summed E-state index contributed by atoms with van der Waals surface area (Å²) in [5.41, 5.74) is 8.16. The number of imide groups is 1. The number of nitrogens with zero attached hydrogens (tertiary/aromatic N) is 1. The number of piperidine rings is 1. The fourth-order valence-corrected chi connectivity index (χ4v) is 4.74. The highest BCUT2D eigenvalue weighted by Crippen LogP contribution is 2.29. The Hall–Kier alpha value is -2.73. The minimum atomic E-state index is -0.615. The van der Waals surface area contributed by atoms with E-state index >= 15 is 0 Å². The van der Waals surface area contributed by atoms with Gasteiger partial charge in [-0.1, -0.05) is 17.9 Å². The van der Waals surface area contributed by atoms with Crippen molar-refractivity contribution in [3.05, 3.63) is 34.9 Å². The molecule has 4 rings (SSSR count). The van der Waals surface area contributed by atoms with Crippen LogP contribution in [0.3, 0.4) is 0 Å². The first-order valence-corrected chi connectivity index (χ1v) is 11.8. The maximum Gasteiger partial charge on any atom is 0.255 e. The SMILES string of the molecule is NC1CCC(NCCOCCC#Cc2cccc3c2CN(C2CCC(=O)NC2=O)C3=O)CC1. The summed E-state index contributed by atoms with van der Waals surface area (Å²) in [6.07, 6.45) is 5.66. The highest BCUT2D eigenvalue weighted by atomic mass is 16.5. The topological polar surface area (TPSA) is 114 Å². The molecule has 1 aliphatic carbocycles. The molecule has 1 atom stereocenters. The van der Waals surface area contributed by atoms with Gasteiger partial charge in [-0.3, -0.25) is 19.7 Å². The van der Waals surface area contributed by atoms with E-state index in [1.807, 2.05) is 12.1 Å². The highest BCUT2D eigenvalue weighted by Gasteiger charge is 2.39. The van der Waals surface area contributed by atoms with Crippen LogP contribution >= 0.6 is 0 Å². The van der Waals surface area contributed by atoms with Crippen LogP contribution in [0.15, 0.2) is 18.2 Å². The Morgan fingerprint density at radius 2 is 1.94 bits per heavy atom. The maximum absolute atomic E-state index is 12.9. The van der Waals surface area contributed by atoms with Crippen LogP contribution < -0.4 is 16.4 Å². The van der Waals surface area contributed by atoms with Crippen molar-refractivity contribution in [2.24, 2.45) is 5.73 Å². The molecule has 1 aromatic carbocycles. The lowest BCUT2D eigenvalue weighted by Crippen LogP contribution is -2.52. The third kappa shape index (κ3) is 5.80. The smallest absolute Gasteiger partial charge is 0.255 e. The number of ether oxygens (including phenoxy) is 1. The van der Waals surface area contributed by atoms with Gasteiger partial charge in [-0.15, -0.1) is 0 Å². The lowest BCUT2D eigenvalue weighted by atomic mass is 9.92. The van der Waals surface area contributed by atoms with Crippen LogP contribution in [0.25, 0.3) is 0 Å². The number of rotatable bonds is 7. The number of nitrogens with one attached hydrogen (secondary N) is 2. The first kappa shape index (κ1) is 23.4. The summed E-state index contributed by atoms with van der Waals surface area (Å²) < 4.78 is 5.69. The summed E-state index contributed by atoms with van der Waals surface area (Å²) in [5, 5.41) is 5.86. The number of fused-ring (bicyclic) bond motifs is 1. The number of hydrogen-bond acceptors (Lipinski definition) is 6. The van der Waals surface area contributed by atoms with Gasteiger partial charge in [-0.25, -0.2) is 0 Å². The second-order valence-corrected chi connectivity index (χ2v) is 8.96. The minimum absolute atomic E-state index is 0.182. The van der Waals surface area contributed by atoms with Crippen LogP contribution in [0.2, 0.25) is 0 Å². The first-order valence-electron chi connectivity index (χ1n) is 11.8. The average molecular weight is 453 g/mol. The van der Waals surface area contributed by atoms with Crippen LogP contribution in [-0.4, -0.2) is 60.5 Å². The van der Waals surface area contributed by atoms with Crippen molar-refractivity contribution in [2.45, 2.75) is 69.6 Å². The zero-order chi connectivity index (χ0) is 23.2. The van der Waals surface area contributed by atoms with E-state index in [9.17, 15) is 14.4 Å². The summed E-state index contributed by atoms with van der Waals surface area (Å²) in [6.45, 7) is 2.37. The average Bonchev–Trinajstić information content (AvgIpc) is 3.14. The normalized spacial score (nSPS) is 24.8. The number of carbonyl (C=O) groups is 3. The predicted octanol–water partition coefficient (Wildman–Crippen LogP) is 1.07. The van der Waals surface area contributed by atoms with E-state index in [2.05, 4.69) is 22.5 Å². The molecule has 8 heteroatoms. The molecule has 2 aliphatic heterocycles. The monoisotopic (exact) mass is 452 g/mol. The molecule has 0 aromatic heterocycles. The predicted molar refractivity (Wildman–Crippen MR) is 123 cm³/mol. The Morgan fingerprint density at radius 1 is 1.12 bits per heavy atom. The molecule has 1 saturated heterocycles. The number of amides is 3. The highest BCUT2D eigenvalue weighted by molar-refractivity contribution is 6.05. The zero-order valence-electron chi connectivity index (χ0n) is 18.9. The number of benzene rings is 1. The quantitative estimate of drug-likeness (QED) is 0.324. The van der Waals surface area contributed by atoms with Gasteiger partial charge in [0.05, 0.1) is 13.2 Å². The van der Waals surface area contributed by atoms with E-state index < -0.39 is 11.9 Å². The number of carbonyl (C=O) groups excluding carboxylic acids is 3. The van der Waals surface area contributed by atoms with E-state index in [1.54, 1.807) is 11.0 Å². The molecule has 1 unspecified atom stereocenters. The van der Waals surface area contributed by atoms with Crippen LogP contribution in [0.5, 0.6) is 0 Å². The molecule has 8 nitrogen and oxygen atoms in total. The standard InChI is InChI=1S/C25H32N4O4/c26-18-7-9-19(10-8-18)27-13-15-33-14-2-1-4-17-5-3-6-20-21(17)16-29(25(20)32)22-11-12-23(30)28-24(22)31/h3,5-6,18-19,22,27H,2,7-16,26H2,(H,28,30,31). The van der Waals surface area contributed by atoms with Gasteiger partial charge in [0.15, 0.2) is 0 Å². The van der Waals surface area contributed by atoms with Crippen LogP contribution in [-0.2, 0) is 20.9 Å². The van der Waals surface area contributed by atoms with Crippen LogP contribution in [0.1, 0.15) is 66.4 Å². The zero-order valence-corrected chi connectivity index (χ0v) is 18.9. The third-order valence-corrected chi connectivity index (χ3v) is 6.63. The number of nitrogens with two attached hydrogens (primary N) is 1. The second-order valence-electron chi connectivity index (χ2n) is 8.96. The third-order valence-electron chi connectivity index (χ3n) is 6.63. The van der Waals surface area contributed by atoms with Gasteiger partial charge in [0.25, 0.3) is 5.91 Å². The lowest BCUT2D eigenvalue weighted by molar-refractivity contribution is -0.136. The summed E-state index contributed by atoms with van der Waals surface area (Å²) in [5.74, 6) is 5.43. The molecule has 0 spiro atoms. The number of hydrogen-bond donors (Lipinski definition) is 3. The molecule has 1 aromatic rings. The van der Waals surface area contributed by atoms with Gasteiger partial charge in [0.2, 0.25) is 11.8 Å². The molecule has 1 saturated carbocycles. The van der Waals surface area contributed by atoms with Crippen LogP contribution in [0.4, 0.5) is 0 Å². The van der Waals surface area contributed by atoms with Gasteiger partial charge < -0.3 is 20.7 Å². The molecule has 2 fully saturated rings. The van der Waals surface area contributed by atoms with Gasteiger partial charge in [0, 0.05) is 49.1 Å². The van der Waals surface area contributed by atoms with Crippen molar-refractivity contribution in [3.63, 3.8) is 0 Å². The molecular formula is C25H32N4O4.